The zero-order valence-electron chi connectivity index (χ0n) is 31.5. The molecule has 0 aromatic heterocycles. The largest absolute Gasteiger partial charge is 0.461 e. The van der Waals surface area contributed by atoms with Crippen LogP contribution in [-0.2, 0) is 19.1 Å². The number of hydrogen-bond acceptors (Lipinski definition) is 5. The molecule has 5 nitrogen and oxygen atoms in total. The smallest absolute Gasteiger partial charge is 0.306 e. The lowest BCUT2D eigenvalue weighted by atomic mass is 9.92. The van der Waals surface area contributed by atoms with Crippen molar-refractivity contribution < 1.29 is 19.1 Å². The molecule has 0 saturated heterocycles. The number of cyclic esters (lactones) is 2. The van der Waals surface area contributed by atoms with Crippen molar-refractivity contribution in [3.05, 3.63) is 133 Å². The van der Waals surface area contributed by atoms with Crippen molar-refractivity contribution in [2.75, 3.05) is 13.2 Å². The minimum absolute atomic E-state index is 0.153. The van der Waals surface area contributed by atoms with Gasteiger partial charge in [-0.3, -0.25) is 14.6 Å². The van der Waals surface area contributed by atoms with Crippen LogP contribution >= 0.6 is 0 Å². The number of carbonyl (C=O) groups excluding carboxylic acids is 2. The van der Waals surface area contributed by atoms with E-state index in [1.807, 2.05) is 24.6 Å². The summed E-state index contributed by atoms with van der Waals surface area (Å²) < 4.78 is 10.8. The monoisotopic (exact) mass is 705 g/mol. The van der Waals surface area contributed by atoms with Crippen molar-refractivity contribution in [2.24, 2.45) is 16.8 Å². The average molecular weight is 706 g/mol. The Kier molecular flexibility index (Phi) is 23.8. The molecule has 0 N–H and O–H groups in total. The molecular weight excluding hydrogens is 643 g/mol. The molecule has 0 bridgehead atoms. The zero-order valence-corrected chi connectivity index (χ0v) is 31.5. The lowest BCUT2D eigenvalue weighted by molar-refractivity contribution is -0.143. The van der Waals surface area contributed by atoms with Crippen molar-refractivity contribution in [1.82, 2.24) is 0 Å². The molecule has 0 radical (unpaired) electrons. The summed E-state index contributed by atoms with van der Waals surface area (Å²) in [7, 11) is 0. The fourth-order valence-corrected chi connectivity index (χ4v) is 6.11. The van der Waals surface area contributed by atoms with Crippen LogP contribution in [-0.4, -0.2) is 31.4 Å². The topological polar surface area (TPSA) is 65.0 Å². The maximum atomic E-state index is 12.2. The Morgan fingerprint density at radius 1 is 0.519 bits per heavy atom. The van der Waals surface area contributed by atoms with Gasteiger partial charge in [-0.25, -0.2) is 0 Å². The van der Waals surface area contributed by atoms with Crippen molar-refractivity contribution in [1.29, 1.82) is 0 Å². The number of nitrogens with zero attached hydrogens (tertiary/aromatic N) is 1. The first-order chi connectivity index (χ1) is 25.7. The number of allylic oxidation sites excluding steroid dienone is 19. The van der Waals surface area contributed by atoms with E-state index in [1.54, 1.807) is 0 Å². The molecule has 0 amide bonds. The summed E-state index contributed by atoms with van der Waals surface area (Å²) in [5, 5.41) is 0. The molecule has 0 unspecified atom stereocenters. The second kappa shape index (κ2) is 29.3. The molecule has 0 aromatic rings. The molecule has 3 aliphatic rings. The molecule has 0 saturated carbocycles. The zero-order chi connectivity index (χ0) is 36.6. The second-order valence-corrected chi connectivity index (χ2v) is 13.7. The van der Waals surface area contributed by atoms with E-state index in [9.17, 15) is 9.59 Å². The van der Waals surface area contributed by atoms with Crippen LogP contribution in [0.3, 0.4) is 0 Å². The standard InChI is InChI=1S/C47H63NO4/c49-46-31-19-11-3-1-7-15-25-42(33-34-44-29-21-22-30-44)26-16-8-2-4-12-20-32-47(50)52-40-24-14-6-10-18-28-43(35-36-45-37-38-48-41-45)27-17-9-5-13-23-39-51-46/h3-4,7-18,21-24,29,38,41-43H,1-2,5-6,19-20,25-28,30-37,39-40H2/b11-3+,12-4+,15-7+,16-8+,17-9+,18-10+,23-13+,24-14+. The van der Waals surface area contributed by atoms with Crippen LogP contribution in [0.1, 0.15) is 116 Å². The number of ether oxygens (including phenoxy) is 2. The molecule has 5 heteroatoms. The quantitative estimate of drug-likeness (QED) is 0.204. The molecule has 3 rings (SSSR count). The first-order valence-electron chi connectivity index (χ1n) is 19.7. The first kappa shape index (κ1) is 42.2. The van der Waals surface area contributed by atoms with Crippen LogP contribution in [0, 0.1) is 11.8 Å². The summed E-state index contributed by atoms with van der Waals surface area (Å²) in [6.07, 6.45) is 61.6. The average Bonchev–Trinajstić information content (AvgIpc) is 3.88. The van der Waals surface area contributed by atoms with Gasteiger partial charge in [-0.05, 0) is 114 Å². The Labute approximate surface area is 314 Å². The van der Waals surface area contributed by atoms with E-state index in [2.05, 4.69) is 108 Å². The fourth-order valence-electron chi connectivity index (χ4n) is 6.11. The lowest BCUT2D eigenvalue weighted by Gasteiger charge is -2.13. The van der Waals surface area contributed by atoms with Crippen LogP contribution < -0.4 is 0 Å². The number of hydrogen-bond donors (Lipinski definition) is 0. The van der Waals surface area contributed by atoms with Gasteiger partial charge in [-0.2, -0.15) is 0 Å². The predicted molar refractivity (Wildman–Crippen MR) is 219 cm³/mol. The van der Waals surface area contributed by atoms with Gasteiger partial charge in [0.2, 0.25) is 0 Å². The van der Waals surface area contributed by atoms with E-state index in [0.29, 0.717) is 50.7 Å². The van der Waals surface area contributed by atoms with Gasteiger partial charge >= 0.3 is 11.9 Å². The van der Waals surface area contributed by atoms with Gasteiger partial charge in [0.25, 0.3) is 0 Å². The maximum absolute atomic E-state index is 12.2. The number of aliphatic imine (C=N–C) groups is 1. The predicted octanol–water partition coefficient (Wildman–Crippen LogP) is 12.3. The maximum Gasteiger partial charge on any atom is 0.306 e. The van der Waals surface area contributed by atoms with Crippen molar-refractivity contribution in [3.63, 3.8) is 0 Å². The van der Waals surface area contributed by atoms with Crippen LogP contribution in [0.4, 0.5) is 0 Å². The van der Waals surface area contributed by atoms with Crippen LogP contribution in [0.25, 0.3) is 0 Å². The fraction of sp³-hybridized carbons (Fsp3) is 0.468. The van der Waals surface area contributed by atoms with Gasteiger partial charge in [0.1, 0.15) is 13.2 Å². The summed E-state index contributed by atoms with van der Waals surface area (Å²) in [6.45, 7) is 0.642. The molecule has 2 aliphatic heterocycles. The van der Waals surface area contributed by atoms with E-state index in [0.717, 1.165) is 83.5 Å². The number of carbonyl (C=O) groups is 2. The van der Waals surface area contributed by atoms with Gasteiger partial charge in [-0.15, -0.1) is 0 Å². The van der Waals surface area contributed by atoms with E-state index in [4.69, 9.17) is 9.47 Å². The van der Waals surface area contributed by atoms with Crippen LogP contribution in [0.5, 0.6) is 0 Å². The molecule has 0 spiro atoms. The molecule has 0 atom stereocenters. The van der Waals surface area contributed by atoms with Gasteiger partial charge in [-0.1, -0.05) is 121 Å². The summed E-state index contributed by atoms with van der Waals surface area (Å²) in [5.74, 6) is 0.868. The summed E-state index contributed by atoms with van der Waals surface area (Å²) >= 11 is 0. The first-order valence-corrected chi connectivity index (χ1v) is 19.7. The minimum atomic E-state index is -0.153. The Morgan fingerprint density at radius 3 is 1.42 bits per heavy atom. The molecular formula is C47H63NO4. The molecule has 0 aromatic carbocycles. The molecule has 1 aliphatic carbocycles. The highest BCUT2D eigenvalue weighted by Crippen LogP contribution is 2.25. The van der Waals surface area contributed by atoms with Gasteiger partial charge in [0.15, 0.2) is 0 Å². The Bertz CT molecular complexity index is 1220. The minimum Gasteiger partial charge on any atom is -0.461 e. The van der Waals surface area contributed by atoms with Gasteiger partial charge < -0.3 is 9.47 Å². The number of rotatable bonds is 6. The Morgan fingerprint density at radius 2 is 0.981 bits per heavy atom. The van der Waals surface area contributed by atoms with Gasteiger partial charge in [0, 0.05) is 31.7 Å². The van der Waals surface area contributed by atoms with Crippen molar-refractivity contribution >= 4 is 18.2 Å². The van der Waals surface area contributed by atoms with E-state index >= 15 is 0 Å². The highest BCUT2D eigenvalue weighted by Gasteiger charge is 2.09. The SMILES string of the molecule is O=C1CC/C=C/C/C=C/CC(CCC2=CC=CC2)C/C=C/C/C=C/CCC(=O)OC/C=C/C/C=C/CC(CCC2=CN=CC2)C/C=C/C/C=C/CO1. The lowest BCUT2D eigenvalue weighted by Crippen LogP contribution is -2.03. The molecule has 0 fully saturated rings. The van der Waals surface area contributed by atoms with Crippen molar-refractivity contribution in [2.45, 2.75) is 116 Å². The Balaban J connectivity index is 1.48. The third kappa shape index (κ3) is 22.5. The normalized spacial score (nSPS) is 27.6. The number of esters is 2. The highest BCUT2D eigenvalue weighted by molar-refractivity contribution is 5.70. The molecule has 52 heavy (non-hydrogen) atoms. The third-order valence-corrected chi connectivity index (χ3v) is 9.32. The summed E-state index contributed by atoms with van der Waals surface area (Å²) in [4.78, 5) is 28.6. The van der Waals surface area contributed by atoms with Crippen LogP contribution in [0.15, 0.2) is 138 Å². The van der Waals surface area contributed by atoms with E-state index in [-0.39, 0.29) is 11.9 Å². The second-order valence-electron chi connectivity index (χ2n) is 13.7. The third-order valence-electron chi connectivity index (χ3n) is 9.32. The summed E-state index contributed by atoms with van der Waals surface area (Å²) in [5.41, 5.74) is 2.94. The van der Waals surface area contributed by atoms with E-state index < -0.39 is 0 Å². The van der Waals surface area contributed by atoms with Crippen LogP contribution in [0.2, 0.25) is 0 Å². The van der Waals surface area contributed by atoms with E-state index in [1.165, 1.54) is 17.6 Å². The summed E-state index contributed by atoms with van der Waals surface area (Å²) in [6, 6.07) is 0. The van der Waals surface area contributed by atoms with Crippen molar-refractivity contribution in [3.8, 4) is 0 Å². The molecule has 2 heterocycles. The van der Waals surface area contributed by atoms with Gasteiger partial charge in [0.05, 0.1) is 0 Å². The molecule has 280 valence electrons. The highest BCUT2D eigenvalue weighted by atomic mass is 16.5. The Hall–Kier alpha value is -4.25.